The van der Waals surface area contributed by atoms with Gasteiger partial charge in [-0.25, -0.2) is 9.37 Å². The Hall–Kier alpha value is -2.10. The molecule has 5 nitrogen and oxygen atoms in total. The zero-order valence-electron chi connectivity index (χ0n) is 16.8. The zero-order chi connectivity index (χ0) is 21.0. The molecule has 0 aliphatic carbocycles. The zero-order valence-corrected chi connectivity index (χ0v) is 17.6. The minimum Gasteiger partial charge on any atom is -0.494 e. The van der Waals surface area contributed by atoms with Crippen molar-refractivity contribution in [3.05, 3.63) is 35.9 Å². The maximum atomic E-state index is 14.4. The van der Waals surface area contributed by atoms with Crippen LogP contribution >= 0.6 is 12.4 Å². The lowest BCUT2D eigenvalue weighted by Crippen LogP contribution is -2.27. The lowest BCUT2D eigenvalue weighted by Gasteiger charge is -2.19. The largest absolute Gasteiger partial charge is 0.494 e. The Labute approximate surface area is 182 Å². The molecule has 2 atom stereocenters. The summed E-state index contributed by atoms with van der Waals surface area (Å²) in [5.74, 6) is 0.372. The highest BCUT2D eigenvalue weighted by atomic mass is 35.5. The molecule has 2 aliphatic rings. The van der Waals surface area contributed by atoms with Gasteiger partial charge in [-0.2, -0.15) is 13.2 Å². The Morgan fingerprint density at radius 2 is 1.84 bits per heavy atom. The Balaban J connectivity index is 0.00000231. The summed E-state index contributed by atoms with van der Waals surface area (Å²) < 4.78 is 67.8. The molecule has 5 rings (SSSR count). The number of aromatic nitrogens is 2. The number of benzene rings is 1. The van der Waals surface area contributed by atoms with E-state index in [0.29, 0.717) is 41.2 Å². The summed E-state index contributed by atoms with van der Waals surface area (Å²) >= 11 is 0. The van der Waals surface area contributed by atoms with Crippen LogP contribution < -0.4 is 4.74 Å². The standard InChI is InChI=1S/C21H21F4N3O2.ClH/c1-29-18-7-17-15(6-16(18)22)14-2-3-26-20(21(23,24)25)19(14)28(17)5-4-27-8-12-10-30-11-13(12)9-27;/h2-3,6-7,12-13H,4-5,8-11H2,1H3;1H. The minimum absolute atomic E-state index is 0. The normalized spacial score (nSPS) is 21.6. The van der Waals surface area contributed by atoms with E-state index in [1.807, 2.05) is 0 Å². The fourth-order valence-corrected chi connectivity index (χ4v) is 4.85. The molecular weight excluding hydrogens is 438 g/mol. The van der Waals surface area contributed by atoms with Gasteiger partial charge in [0.1, 0.15) is 0 Å². The molecule has 2 fully saturated rings. The van der Waals surface area contributed by atoms with Gasteiger partial charge in [-0.15, -0.1) is 12.4 Å². The van der Waals surface area contributed by atoms with Gasteiger partial charge in [-0.05, 0) is 12.1 Å². The summed E-state index contributed by atoms with van der Waals surface area (Å²) in [4.78, 5) is 5.89. The van der Waals surface area contributed by atoms with E-state index >= 15 is 0 Å². The van der Waals surface area contributed by atoms with Crippen LogP contribution in [0.4, 0.5) is 17.6 Å². The molecule has 10 heteroatoms. The van der Waals surface area contributed by atoms with Crippen LogP contribution in [0.5, 0.6) is 5.75 Å². The SMILES string of the molecule is COc1cc2c(cc1F)c1ccnc(C(F)(F)F)c1n2CCN1CC2COCC2C1.Cl. The van der Waals surface area contributed by atoms with E-state index in [9.17, 15) is 17.6 Å². The first-order valence-corrected chi connectivity index (χ1v) is 9.88. The quantitative estimate of drug-likeness (QED) is 0.544. The lowest BCUT2D eigenvalue weighted by atomic mass is 10.0. The molecule has 31 heavy (non-hydrogen) atoms. The van der Waals surface area contributed by atoms with E-state index in [0.717, 1.165) is 32.5 Å². The van der Waals surface area contributed by atoms with Gasteiger partial charge in [-0.1, -0.05) is 0 Å². The van der Waals surface area contributed by atoms with Crippen LogP contribution in [0.15, 0.2) is 24.4 Å². The Morgan fingerprint density at radius 3 is 2.48 bits per heavy atom. The molecule has 2 saturated heterocycles. The summed E-state index contributed by atoms with van der Waals surface area (Å²) in [6, 6.07) is 4.22. The number of alkyl halides is 3. The van der Waals surface area contributed by atoms with Crippen LogP contribution in [-0.2, 0) is 17.5 Å². The maximum Gasteiger partial charge on any atom is 0.435 e. The molecule has 0 spiro atoms. The molecule has 0 radical (unpaired) electrons. The van der Waals surface area contributed by atoms with Crippen molar-refractivity contribution in [1.29, 1.82) is 0 Å². The van der Waals surface area contributed by atoms with Gasteiger partial charge in [0.2, 0.25) is 0 Å². The molecule has 2 aliphatic heterocycles. The third kappa shape index (κ3) is 3.72. The van der Waals surface area contributed by atoms with E-state index in [1.165, 1.54) is 25.3 Å². The molecule has 168 valence electrons. The Kier molecular flexibility index (Phi) is 5.78. The molecule has 1 aromatic carbocycles. The first kappa shape index (κ1) is 22.1. The van der Waals surface area contributed by atoms with E-state index < -0.39 is 17.7 Å². The highest BCUT2D eigenvalue weighted by Gasteiger charge is 2.38. The third-order valence-electron chi connectivity index (χ3n) is 6.27. The number of hydrogen-bond acceptors (Lipinski definition) is 4. The second kappa shape index (κ2) is 8.11. The average molecular weight is 460 g/mol. The summed E-state index contributed by atoms with van der Waals surface area (Å²) in [7, 11) is 1.34. The second-order valence-corrected chi connectivity index (χ2v) is 8.03. The molecular formula is C21H22ClF4N3O2. The Morgan fingerprint density at radius 1 is 1.13 bits per heavy atom. The predicted molar refractivity (Wildman–Crippen MR) is 110 cm³/mol. The van der Waals surface area contributed by atoms with Crippen molar-refractivity contribution < 1.29 is 27.0 Å². The van der Waals surface area contributed by atoms with Crippen molar-refractivity contribution in [3.8, 4) is 5.75 Å². The second-order valence-electron chi connectivity index (χ2n) is 8.03. The molecule has 3 aromatic rings. The van der Waals surface area contributed by atoms with Gasteiger partial charge >= 0.3 is 6.18 Å². The van der Waals surface area contributed by atoms with E-state index in [4.69, 9.17) is 9.47 Å². The Bertz CT molecular complexity index is 1110. The third-order valence-corrected chi connectivity index (χ3v) is 6.27. The lowest BCUT2D eigenvalue weighted by molar-refractivity contribution is -0.140. The molecule has 0 N–H and O–H groups in total. The number of ether oxygens (including phenoxy) is 2. The van der Waals surface area contributed by atoms with Crippen molar-refractivity contribution in [3.63, 3.8) is 0 Å². The average Bonchev–Trinajstić information content (AvgIpc) is 3.36. The van der Waals surface area contributed by atoms with Gasteiger partial charge in [0.25, 0.3) is 0 Å². The number of nitrogens with zero attached hydrogens (tertiary/aromatic N) is 3. The summed E-state index contributed by atoms with van der Waals surface area (Å²) in [6.45, 7) is 4.18. The van der Waals surface area contributed by atoms with Crippen LogP contribution in [0.2, 0.25) is 0 Å². The molecule has 0 saturated carbocycles. The number of pyridine rings is 1. The van der Waals surface area contributed by atoms with Crippen molar-refractivity contribution in [2.24, 2.45) is 11.8 Å². The van der Waals surface area contributed by atoms with Gasteiger partial charge in [0.15, 0.2) is 17.3 Å². The molecule has 0 bridgehead atoms. The maximum absolute atomic E-state index is 14.4. The van der Waals surface area contributed by atoms with Crippen molar-refractivity contribution in [2.45, 2.75) is 12.7 Å². The van der Waals surface area contributed by atoms with Crippen molar-refractivity contribution >= 4 is 34.2 Å². The van der Waals surface area contributed by atoms with Gasteiger partial charge in [-0.3, -0.25) is 0 Å². The fraction of sp³-hybridized carbons (Fsp3) is 0.476. The number of methoxy groups -OCH3 is 1. The predicted octanol–water partition coefficient (Wildman–Crippen LogP) is 4.36. The van der Waals surface area contributed by atoms with Crippen molar-refractivity contribution in [1.82, 2.24) is 14.5 Å². The van der Waals surface area contributed by atoms with E-state index in [1.54, 1.807) is 4.57 Å². The highest BCUT2D eigenvalue weighted by Crippen LogP contribution is 2.39. The van der Waals surface area contributed by atoms with Gasteiger partial charge in [0.05, 0.1) is 31.4 Å². The minimum atomic E-state index is -4.61. The number of halogens is 5. The van der Waals surface area contributed by atoms with Gasteiger partial charge < -0.3 is 18.9 Å². The molecule has 2 aromatic heterocycles. The smallest absolute Gasteiger partial charge is 0.435 e. The number of likely N-dealkylation sites (tertiary alicyclic amines) is 1. The molecule has 2 unspecified atom stereocenters. The monoisotopic (exact) mass is 459 g/mol. The first-order chi connectivity index (χ1) is 14.4. The van der Waals surface area contributed by atoms with Crippen molar-refractivity contribution in [2.75, 3.05) is 40.0 Å². The topological polar surface area (TPSA) is 39.5 Å². The van der Waals surface area contributed by atoms with Crippen LogP contribution in [0.1, 0.15) is 5.69 Å². The van der Waals surface area contributed by atoms with Gasteiger partial charge in [0, 0.05) is 61.1 Å². The van der Waals surface area contributed by atoms with E-state index in [-0.39, 0.29) is 23.7 Å². The molecule has 4 heterocycles. The fourth-order valence-electron chi connectivity index (χ4n) is 4.85. The highest BCUT2D eigenvalue weighted by molar-refractivity contribution is 6.09. The summed E-state index contributed by atoms with van der Waals surface area (Å²) in [6.07, 6.45) is -3.49. The number of fused-ring (bicyclic) bond motifs is 4. The van der Waals surface area contributed by atoms with Crippen LogP contribution in [0.3, 0.4) is 0 Å². The summed E-state index contributed by atoms with van der Waals surface area (Å²) in [5.41, 5.74) is -0.470. The number of hydrogen-bond donors (Lipinski definition) is 0. The van der Waals surface area contributed by atoms with Crippen LogP contribution in [0.25, 0.3) is 21.8 Å². The summed E-state index contributed by atoms with van der Waals surface area (Å²) in [5, 5.41) is 0.753. The van der Waals surface area contributed by atoms with Crippen LogP contribution in [-0.4, -0.2) is 54.4 Å². The van der Waals surface area contributed by atoms with E-state index in [2.05, 4.69) is 9.88 Å². The first-order valence-electron chi connectivity index (χ1n) is 9.88. The molecule has 0 amide bonds. The number of rotatable bonds is 4. The van der Waals surface area contributed by atoms with Crippen LogP contribution in [0, 0.1) is 17.7 Å².